The minimum Gasteiger partial charge on any atom is -0.461 e. The minimum absolute atomic E-state index is 0.0413. The summed E-state index contributed by atoms with van der Waals surface area (Å²) in [7, 11) is 0. The van der Waals surface area contributed by atoms with Crippen LogP contribution in [0.3, 0.4) is 0 Å². The number of nitrogens with zero attached hydrogens (tertiary/aromatic N) is 1. The smallest absolute Gasteiger partial charge is 0.407 e. The highest BCUT2D eigenvalue weighted by Gasteiger charge is 2.29. The summed E-state index contributed by atoms with van der Waals surface area (Å²) in [6.07, 6.45) is 1.67. The number of likely N-dealkylation sites (tertiary alicyclic amines) is 1. The Labute approximate surface area is 236 Å². The van der Waals surface area contributed by atoms with Crippen molar-refractivity contribution in [3.63, 3.8) is 0 Å². The van der Waals surface area contributed by atoms with Crippen LogP contribution in [-0.4, -0.2) is 48.1 Å². The first-order valence-electron chi connectivity index (χ1n) is 14.1. The molecule has 1 unspecified atom stereocenters. The topological polar surface area (TPSA) is 84.9 Å². The van der Waals surface area contributed by atoms with Crippen LogP contribution >= 0.6 is 0 Å². The molecule has 7 heteroatoms. The molecule has 0 bridgehead atoms. The first-order valence-corrected chi connectivity index (χ1v) is 14.1. The molecule has 1 N–H and O–H groups in total. The van der Waals surface area contributed by atoms with Crippen LogP contribution in [0.5, 0.6) is 0 Å². The van der Waals surface area contributed by atoms with Gasteiger partial charge in [-0.25, -0.2) is 4.79 Å². The van der Waals surface area contributed by atoms with Crippen molar-refractivity contribution in [3.05, 3.63) is 83.9 Å². The van der Waals surface area contributed by atoms with E-state index in [-0.39, 0.29) is 30.8 Å². The molecule has 1 aliphatic rings. The monoisotopic (exact) mass is 544 g/mol. The van der Waals surface area contributed by atoms with Crippen LogP contribution in [0.1, 0.15) is 51.2 Å². The quantitative estimate of drug-likeness (QED) is 0.339. The second-order valence-electron chi connectivity index (χ2n) is 11.5. The molecule has 7 nitrogen and oxygen atoms in total. The van der Waals surface area contributed by atoms with Gasteiger partial charge in [-0.1, -0.05) is 72.8 Å². The molecule has 0 spiro atoms. The van der Waals surface area contributed by atoms with Crippen molar-refractivity contribution in [2.75, 3.05) is 19.6 Å². The lowest BCUT2D eigenvalue weighted by molar-refractivity contribution is -0.153. The first kappa shape index (κ1) is 29.1. The zero-order valence-corrected chi connectivity index (χ0v) is 23.7. The lowest BCUT2D eigenvalue weighted by Gasteiger charge is -2.33. The Hall–Kier alpha value is -3.87. The highest BCUT2D eigenvalue weighted by atomic mass is 16.6. The van der Waals surface area contributed by atoms with Crippen LogP contribution in [0.25, 0.3) is 10.8 Å². The third-order valence-electron chi connectivity index (χ3n) is 7.23. The number of alkyl carbamates (subject to hydrolysis) is 1. The van der Waals surface area contributed by atoms with E-state index in [0.29, 0.717) is 26.1 Å². The van der Waals surface area contributed by atoms with E-state index in [2.05, 4.69) is 23.5 Å². The molecule has 1 heterocycles. The zero-order valence-electron chi connectivity index (χ0n) is 23.7. The number of ether oxygens (including phenoxy) is 2. The second-order valence-corrected chi connectivity index (χ2v) is 11.5. The number of nitrogens with one attached hydrogen (secondary N) is 1. The number of carbonyl (C=O) groups excluding carboxylic acids is 3. The molecule has 0 aromatic heterocycles. The number of hydrogen-bond donors (Lipinski definition) is 1. The Kier molecular flexibility index (Phi) is 9.80. The number of carbonyl (C=O) groups is 3. The van der Waals surface area contributed by atoms with E-state index in [1.54, 1.807) is 0 Å². The van der Waals surface area contributed by atoms with Crippen LogP contribution in [0.4, 0.5) is 4.79 Å². The summed E-state index contributed by atoms with van der Waals surface area (Å²) in [5.74, 6) is -0.713. The average molecular weight is 545 g/mol. The van der Waals surface area contributed by atoms with E-state index in [9.17, 15) is 14.4 Å². The Morgan fingerprint density at radius 1 is 0.925 bits per heavy atom. The van der Waals surface area contributed by atoms with Gasteiger partial charge in [0.15, 0.2) is 0 Å². The Bertz CT molecular complexity index is 1290. The van der Waals surface area contributed by atoms with Crippen LogP contribution in [0.15, 0.2) is 72.8 Å². The number of esters is 1. The molecule has 40 heavy (non-hydrogen) atoms. The number of rotatable bonds is 9. The van der Waals surface area contributed by atoms with E-state index in [1.165, 1.54) is 0 Å². The van der Waals surface area contributed by atoms with Gasteiger partial charge < -0.3 is 19.7 Å². The first-order chi connectivity index (χ1) is 19.2. The molecular weight excluding hydrogens is 504 g/mol. The summed E-state index contributed by atoms with van der Waals surface area (Å²) in [4.78, 5) is 40.6. The Morgan fingerprint density at radius 2 is 1.60 bits per heavy atom. The van der Waals surface area contributed by atoms with Crippen molar-refractivity contribution in [2.45, 2.75) is 58.7 Å². The highest BCUT2D eigenvalue weighted by Crippen LogP contribution is 2.25. The van der Waals surface area contributed by atoms with Crippen LogP contribution in [-0.2, 0) is 32.1 Å². The van der Waals surface area contributed by atoms with E-state index < -0.39 is 17.6 Å². The second kappa shape index (κ2) is 13.5. The van der Waals surface area contributed by atoms with E-state index in [4.69, 9.17) is 9.47 Å². The Morgan fingerprint density at radius 3 is 2.33 bits per heavy atom. The third-order valence-corrected chi connectivity index (χ3v) is 7.23. The molecule has 0 radical (unpaired) electrons. The van der Waals surface area contributed by atoms with Crippen molar-refractivity contribution in [1.82, 2.24) is 10.2 Å². The average Bonchev–Trinajstić information content (AvgIpc) is 2.94. The van der Waals surface area contributed by atoms with E-state index in [1.807, 2.05) is 80.3 Å². The van der Waals surface area contributed by atoms with Gasteiger partial charge >= 0.3 is 12.1 Å². The maximum atomic E-state index is 13.4. The predicted octanol–water partition coefficient (Wildman–Crippen LogP) is 5.90. The van der Waals surface area contributed by atoms with Crippen LogP contribution in [0, 0.1) is 11.8 Å². The van der Waals surface area contributed by atoms with Gasteiger partial charge in [-0.05, 0) is 67.9 Å². The summed E-state index contributed by atoms with van der Waals surface area (Å²) >= 11 is 0. The number of piperidine rings is 1. The van der Waals surface area contributed by atoms with Gasteiger partial charge in [0.1, 0.15) is 12.2 Å². The molecule has 0 aliphatic carbocycles. The SMILES string of the molecule is CC(C)(C)OC(=O)NCC1CCN(C(=O)CC(Cc2cccc3ccccc23)C(=O)OCc2ccccc2)CC1. The fraction of sp³-hybridized carbons (Fsp3) is 0.424. The summed E-state index contributed by atoms with van der Waals surface area (Å²) in [6.45, 7) is 7.40. The fourth-order valence-electron chi connectivity index (χ4n) is 5.09. The zero-order chi connectivity index (χ0) is 28.5. The van der Waals surface area contributed by atoms with E-state index in [0.717, 1.165) is 34.7 Å². The normalized spacial score (nSPS) is 14.9. The Balaban J connectivity index is 1.37. The number of fused-ring (bicyclic) bond motifs is 1. The summed E-state index contributed by atoms with van der Waals surface area (Å²) in [5, 5.41) is 5.03. The molecule has 3 aromatic carbocycles. The number of benzene rings is 3. The van der Waals surface area contributed by atoms with Crippen LogP contribution in [0.2, 0.25) is 0 Å². The maximum Gasteiger partial charge on any atom is 0.407 e. The van der Waals surface area contributed by atoms with E-state index >= 15 is 0 Å². The van der Waals surface area contributed by atoms with Gasteiger partial charge in [0.25, 0.3) is 0 Å². The van der Waals surface area contributed by atoms with Crippen molar-refractivity contribution < 1.29 is 23.9 Å². The summed E-state index contributed by atoms with van der Waals surface area (Å²) in [5.41, 5.74) is 1.40. The number of hydrogen-bond acceptors (Lipinski definition) is 5. The van der Waals surface area contributed by atoms with Crippen molar-refractivity contribution in [2.24, 2.45) is 11.8 Å². The molecule has 1 saturated heterocycles. The highest BCUT2D eigenvalue weighted by molar-refractivity contribution is 5.87. The predicted molar refractivity (Wildman–Crippen MR) is 156 cm³/mol. The van der Waals surface area contributed by atoms with Crippen molar-refractivity contribution in [1.29, 1.82) is 0 Å². The summed E-state index contributed by atoms with van der Waals surface area (Å²) < 4.78 is 11.0. The van der Waals surface area contributed by atoms with Gasteiger partial charge in [0, 0.05) is 26.1 Å². The fourth-order valence-corrected chi connectivity index (χ4v) is 5.09. The minimum atomic E-state index is -0.589. The van der Waals surface area contributed by atoms with Crippen molar-refractivity contribution >= 4 is 28.7 Å². The third kappa shape index (κ3) is 8.57. The number of amides is 2. The molecule has 212 valence electrons. The van der Waals surface area contributed by atoms with Crippen molar-refractivity contribution in [3.8, 4) is 0 Å². The van der Waals surface area contributed by atoms with Gasteiger partial charge in [-0.3, -0.25) is 9.59 Å². The molecule has 0 saturated carbocycles. The molecule has 1 atom stereocenters. The lowest BCUT2D eigenvalue weighted by atomic mass is 9.91. The maximum absolute atomic E-state index is 13.4. The summed E-state index contributed by atoms with van der Waals surface area (Å²) in [6, 6.07) is 23.7. The molecule has 3 aromatic rings. The lowest BCUT2D eigenvalue weighted by Crippen LogP contribution is -2.43. The largest absolute Gasteiger partial charge is 0.461 e. The molecular formula is C33H40N2O5. The standard InChI is InChI=1S/C33H40N2O5/c1-33(2,3)40-32(38)34-22-24-16-18-35(19-17-24)30(36)21-28(31(37)39-23-25-10-5-4-6-11-25)20-27-14-9-13-26-12-7-8-15-29(26)27/h4-15,24,28H,16-23H2,1-3H3,(H,34,38). The molecule has 1 aliphatic heterocycles. The van der Waals surface area contributed by atoms with Gasteiger partial charge in [-0.2, -0.15) is 0 Å². The van der Waals surface area contributed by atoms with Gasteiger partial charge in [0.05, 0.1) is 5.92 Å². The molecule has 4 rings (SSSR count). The molecule has 1 fully saturated rings. The van der Waals surface area contributed by atoms with Gasteiger partial charge in [0.2, 0.25) is 5.91 Å². The molecule has 2 amide bonds. The van der Waals surface area contributed by atoms with Gasteiger partial charge in [-0.15, -0.1) is 0 Å². The van der Waals surface area contributed by atoms with Crippen LogP contribution < -0.4 is 5.32 Å².